The van der Waals surface area contributed by atoms with Gasteiger partial charge in [-0.3, -0.25) is 9.59 Å². The SMILES string of the molecule is CCCCCCCCCCCCCCCCCCCC(CC(=O)NC(CO)C(O)CCCCCCCCCCCCCC)OC(=O)CCCCCCCCCCCC. The molecule has 0 radical (unpaired) electrons. The lowest BCUT2D eigenvalue weighted by atomic mass is 10.0. The van der Waals surface area contributed by atoms with E-state index in [0.717, 1.165) is 44.9 Å². The van der Waals surface area contributed by atoms with Crippen molar-refractivity contribution in [1.29, 1.82) is 0 Å². The number of carbonyl (C=O) groups is 2. The van der Waals surface area contributed by atoms with Crippen LogP contribution in [0, 0.1) is 0 Å². The molecule has 0 heterocycles. The molecule has 6 nitrogen and oxygen atoms in total. The Kier molecular flexibility index (Phi) is 46.0. The van der Waals surface area contributed by atoms with Crippen molar-refractivity contribution in [2.45, 2.75) is 315 Å². The molecule has 0 aliphatic heterocycles. The molecule has 3 unspecified atom stereocenters. The molecular formula is C52H103NO5. The lowest BCUT2D eigenvalue weighted by Crippen LogP contribution is -2.46. The molecule has 0 bridgehead atoms. The predicted molar refractivity (Wildman–Crippen MR) is 250 cm³/mol. The van der Waals surface area contributed by atoms with Crippen LogP contribution in [-0.2, 0) is 14.3 Å². The first-order valence-electron chi connectivity index (χ1n) is 26.3. The quantitative estimate of drug-likeness (QED) is 0.0420. The highest BCUT2D eigenvalue weighted by Gasteiger charge is 2.24. The topological polar surface area (TPSA) is 95.9 Å². The number of aliphatic hydroxyl groups is 2. The average Bonchev–Trinajstić information content (AvgIpc) is 3.22. The van der Waals surface area contributed by atoms with Crippen LogP contribution < -0.4 is 5.32 Å². The molecule has 1 amide bonds. The number of hydrogen-bond acceptors (Lipinski definition) is 5. The van der Waals surface area contributed by atoms with Crippen LogP contribution in [0.4, 0.5) is 0 Å². The van der Waals surface area contributed by atoms with Gasteiger partial charge in [0.15, 0.2) is 0 Å². The maximum absolute atomic E-state index is 13.2. The summed E-state index contributed by atoms with van der Waals surface area (Å²) in [5.41, 5.74) is 0. The van der Waals surface area contributed by atoms with E-state index in [-0.39, 0.29) is 24.9 Å². The smallest absolute Gasteiger partial charge is 0.306 e. The van der Waals surface area contributed by atoms with Gasteiger partial charge in [-0.05, 0) is 25.7 Å². The third kappa shape index (κ3) is 41.6. The van der Waals surface area contributed by atoms with Crippen molar-refractivity contribution in [2.24, 2.45) is 0 Å². The van der Waals surface area contributed by atoms with Crippen molar-refractivity contribution in [2.75, 3.05) is 6.61 Å². The van der Waals surface area contributed by atoms with E-state index in [1.165, 1.54) is 205 Å². The number of rotatable bonds is 48. The van der Waals surface area contributed by atoms with Crippen LogP contribution in [0.3, 0.4) is 0 Å². The van der Waals surface area contributed by atoms with Crippen molar-refractivity contribution in [3.05, 3.63) is 0 Å². The molecule has 0 saturated heterocycles. The van der Waals surface area contributed by atoms with Gasteiger partial charge >= 0.3 is 5.97 Å². The molecule has 3 atom stereocenters. The molecule has 6 heteroatoms. The summed E-state index contributed by atoms with van der Waals surface area (Å²) in [6.07, 6.45) is 50.2. The summed E-state index contributed by atoms with van der Waals surface area (Å²) in [6, 6.07) is -0.691. The Morgan fingerprint density at radius 3 is 1.05 bits per heavy atom. The van der Waals surface area contributed by atoms with Gasteiger partial charge in [-0.1, -0.05) is 258 Å². The molecule has 58 heavy (non-hydrogen) atoms. The van der Waals surface area contributed by atoms with Crippen LogP contribution in [0.25, 0.3) is 0 Å². The Morgan fingerprint density at radius 1 is 0.431 bits per heavy atom. The van der Waals surface area contributed by atoms with Crippen molar-refractivity contribution in [1.82, 2.24) is 5.32 Å². The lowest BCUT2D eigenvalue weighted by molar-refractivity contribution is -0.151. The zero-order chi connectivity index (χ0) is 42.4. The molecule has 0 saturated carbocycles. The molecule has 346 valence electrons. The molecule has 0 aromatic rings. The number of nitrogens with one attached hydrogen (secondary N) is 1. The van der Waals surface area contributed by atoms with Gasteiger partial charge in [-0.25, -0.2) is 0 Å². The number of hydrogen-bond donors (Lipinski definition) is 3. The van der Waals surface area contributed by atoms with Crippen molar-refractivity contribution >= 4 is 11.9 Å². The highest BCUT2D eigenvalue weighted by molar-refractivity contribution is 5.77. The van der Waals surface area contributed by atoms with Gasteiger partial charge in [0.1, 0.15) is 6.10 Å². The van der Waals surface area contributed by atoms with Crippen LogP contribution in [0.2, 0.25) is 0 Å². The molecule has 0 aliphatic rings. The summed E-state index contributed by atoms with van der Waals surface area (Å²) in [4.78, 5) is 26.1. The normalized spacial score (nSPS) is 13.1. The van der Waals surface area contributed by atoms with E-state index in [1.54, 1.807) is 0 Å². The van der Waals surface area contributed by atoms with Crippen LogP contribution >= 0.6 is 0 Å². The van der Waals surface area contributed by atoms with E-state index in [0.29, 0.717) is 19.3 Å². The van der Waals surface area contributed by atoms with Gasteiger partial charge in [0.2, 0.25) is 5.91 Å². The van der Waals surface area contributed by atoms with Crippen molar-refractivity contribution in [3.8, 4) is 0 Å². The number of aliphatic hydroxyl groups excluding tert-OH is 2. The highest BCUT2D eigenvalue weighted by Crippen LogP contribution is 2.19. The number of amides is 1. The van der Waals surface area contributed by atoms with E-state index in [4.69, 9.17) is 4.74 Å². The zero-order valence-corrected chi connectivity index (χ0v) is 39.5. The second-order valence-corrected chi connectivity index (χ2v) is 18.3. The molecular weight excluding hydrogens is 719 g/mol. The molecule has 0 aliphatic carbocycles. The first-order chi connectivity index (χ1) is 28.5. The van der Waals surface area contributed by atoms with Crippen molar-refractivity contribution in [3.63, 3.8) is 0 Å². The summed E-state index contributed by atoms with van der Waals surface area (Å²) >= 11 is 0. The largest absolute Gasteiger partial charge is 0.462 e. The van der Waals surface area contributed by atoms with Gasteiger partial charge in [0.05, 0.1) is 25.2 Å². The van der Waals surface area contributed by atoms with Gasteiger partial charge in [-0.2, -0.15) is 0 Å². The molecule has 3 N–H and O–H groups in total. The number of ether oxygens (including phenoxy) is 1. The molecule has 0 rings (SSSR count). The number of carbonyl (C=O) groups excluding carboxylic acids is 2. The molecule has 0 aromatic heterocycles. The monoisotopic (exact) mass is 822 g/mol. The fourth-order valence-electron chi connectivity index (χ4n) is 8.43. The van der Waals surface area contributed by atoms with Gasteiger partial charge < -0.3 is 20.3 Å². The number of esters is 1. The minimum atomic E-state index is -0.778. The Morgan fingerprint density at radius 2 is 0.724 bits per heavy atom. The fourth-order valence-corrected chi connectivity index (χ4v) is 8.43. The van der Waals surface area contributed by atoms with E-state index >= 15 is 0 Å². The van der Waals surface area contributed by atoms with E-state index in [1.807, 2.05) is 0 Å². The lowest BCUT2D eigenvalue weighted by Gasteiger charge is -2.24. The maximum Gasteiger partial charge on any atom is 0.306 e. The Balaban J connectivity index is 4.48. The van der Waals surface area contributed by atoms with Crippen LogP contribution in [0.15, 0.2) is 0 Å². The summed E-state index contributed by atoms with van der Waals surface area (Å²) < 4.78 is 5.93. The first-order valence-corrected chi connectivity index (χ1v) is 26.3. The zero-order valence-electron chi connectivity index (χ0n) is 39.5. The Hall–Kier alpha value is -1.14. The van der Waals surface area contributed by atoms with Crippen LogP contribution in [-0.4, -0.2) is 46.9 Å². The van der Waals surface area contributed by atoms with Gasteiger partial charge in [-0.15, -0.1) is 0 Å². The fraction of sp³-hybridized carbons (Fsp3) is 0.962. The van der Waals surface area contributed by atoms with Crippen LogP contribution in [0.5, 0.6) is 0 Å². The van der Waals surface area contributed by atoms with Gasteiger partial charge in [0.25, 0.3) is 0 Å². The predicted octanol–water partition coefficient (Wildman–Crippen LogP) is 15.6. The van der Waals surface area contributed by atoms with Crippen LogP contribution in [0.1, 0.15) is 297 Å². The first kappa shape index (κ1) is 56.9. The second kappa shape index (κ2) is 46.9. The molecule has 0 spiro atoms. The Bertz CT molecular complexity index is 837. The minimum Gasteiger partial charge on any atom is -0.462 e. The third-order valence-electron chi connectivity index (χ3n) is 12.4. The summed E-state index contributed by atoms with van der Waals surface area (Å²) in [6.45, 7) is 6.50. The summed E-state index contributed by atoms with van der Waals surface area (Å²) in [7, 11) is 0. The van der Waals surface area contributed by atoms with Gasteiger partial charge in [0, 0.05) is 6.42 Å². The number of unbranched alkanes of at least 4 members (excludes halogenated alkanes) is 36. The summed E-state index contributed by atoms with van der Waals surface area (Å²) in [5.74, 6) is -0.452. The van der Waals surface area contributed by atoms with E-state index in [9.17, 15) is 19.8 Å². The second-order valence-electron chi connectivity index (χ2n) is 18.3. The minimum absolute atomic E-state index is 0.0878. The molecule has 0 aromatic carbocycles. The van der Waals surface area contributed by atoms with E-state index < -0.39 is 18.2 Å². The summed E-state index contributed by atoms with van der Waals surface area (Å²) in [5, 5.41) is 23.8. The maximum atomic E-state index is 13.2. The Labute approximate surface area is 362 Å². The van der Waals surface area contributed by atoms with E-state index in [2.05, 4.69) is 26.1 Å². The standard InChI is InChI=1S/C52H103NO5/c1-4-7-10-13-16-19-22-24-25-26-27-28-29-31-34-37-40-43-48(58-52(57)45-42-39-36-33-21-18-15-12-9-6-3)46-51(56)53-49(47-54)50(55)44-41-38-35-32-30-23-20-17-14-11-8-5-2/h48-50,54-55H,4-47H2,1-3H3,(H,53,56). The highest BCUT2D eigenvalue weighted by atomic mass is 16.5. The molecule has 0 fully saturated rings. The van der Waals surface area contributed by atoms with Crippen molar-refractivity contribution < 1.29 is 24.5 Å². The average molecular weight is 822 g/mol. The third-order valence-corrected chi connectivity index (χ3v) is 12.4.